The summed E-state index contributed by atoms with van der Waals surface area (Å²) in [5.41, 5.74) is 2.18. The Morgan fingerprint density at radius 2 is 1.70 bits per heavy atom. The van der Waals surface area contributed by atoms with Crippen LogP contribution in [0.2, 0.25) is 0 Å². The van der Waals surface area contributed by atoms with Crippen LogP contribution in [0.1, 0.15) is 45.5 Å². The third kappa shape index (κ3) is 8.18. The van der Waals surface area contributed by atoms with Crippen molar-refractivity contribution in [2.75, 3.05) is 52.9 Å². The number of likely N-dealkylation sites (N-methyl/N-ethyl adjacent to an activating group) is 1. The predicted molar refractivity (Wildman–Crippen MR) is 131 cm³/mol. The number of hydrogen-bond donors (Lipinski definition) is 3. The average molecular weight is 453 g/mol. The Hall–Kier alpha value is -2.90. The molecule has 1 aliphatic heterocycles. The van der Waals surface area contributed by atoms with Gasteiger partial charge < -0.3 is 25.5 Å². The summed E-state index contributed by atoms with van der Waals surface area (Å²) < 4.78 is 0. The Labute approximate surface area is 196 Å². The SMILES string of the molecule is CN(CCN1CCCCC1)C(=O)c1cccc(C(=O)NCCNCCc2ccc(O)cc2)c1. The quantitative estimate of drug-likeness (QED) is 0.456. The van der Waals surface area contributed by atoms with Gasteiger partial charge in [-0.05, 0) is 74.8 Å². The van der Waals surface area contributed by atoms with Crippen molar-refractivity contribution in [1.82, 2.24) is 20.4 Å². The van der Waals surface area contributed by atoms with Gasteiger partial charge in [-0.25, -0.2) is 0 Å². The monoisotopic (exact) mass is 452 g/mol. The smallest absolute Gasteiger partial charge is 0.253 e. The first-order valence-electron chi connectivity index (χ1n) is 11.9. The Balaban J connectivity index is 1.38. The van der Waals surface area contributed by atoms with Gasteiger partial charge in [-0.2, -0.15) is 0 Å². The van der Waals surface area contributed by atoms with Crippen LogP contribution in [0.15, 0.2) is 48.5 Å². The lowest BCUT2D eigenvalue weighted by molar-refractivity contribution is 0.0773. The second-order valence-electron chi connectivity index (χ2n) is 8.63. The van der Waals surface area contributed by atoms with E-state index in [1.807, 2.05) is 19.2 Å². The molecule has 2 aromatic carbocycles. The molecule has 2 amide bonds. The van der Waals surface area contributed by atoms with E-state index < -0.39 is 0 Å². The molecule has 7 nitrogen and oxygen atoms in total. The molecule has 0 bridgehead atoms. The Bertz CT molecular complexity index is 895. The first-order chi connectivity index (χ1) is 16.0. The zero-order valence-electron chi connectivity index (χ0n) is 19.6. The summed E-state index contributed by atoms with van der Waals surface area (Å²) >= 11 is 0. The van der Waals surface area contributed by atoms with Crippen LogP contribution >= 0.6 is 0 Å². The average Bonchev–Trinajstić information content (AvgIpc) is 2.85. The van der Waals surface area contributed by atoms with E-state index in [1.165, 1.54) is 19.3 Å². The predicted octanol–water partition coefficient (Wildman–Crippen LogP) is 2.51. The Morgan fingerprint density at radius 3 is 2.45 bits per heavy atom. The van der Waals surface area contributed by atoms with Crippen LogP contribution in [0, 0.1) is 0 Å². The summed E-state index contributed by atoms with van der Waals surface area (Å²) in [5, 5.41) is 15.5. The standard InChI is InChI=1S/C26H36N4O3/c1-29(18-19-30-16-3-2-4-17-30)26(33)23-7-5-6-22(20-23)25(32)28-15-14-27-13-12-21-8-10-24(31)11-9-21/h5-11,20,27,31H,2-4,12-19H2,1H3,(H,28,32). The fourth-order valence-electron chi connectivity index (χ4n) is 3.98. The highest BCUT2D eigenvalue weighted by atomic mass is 16.3. The van der Waals surface area contributed by atoms with Gasteiger partial charge in [0.15, 0.2) is 0 Å². The van der Waals surface area contributed by atoms with Crippen LogP contribution in [-0.2, 0) is 6.42 Å². The molecule has 0 radical (unpaired) electrons. The summed E-state index contributed by atoms with van der Waals surface area (Å²) in [4.78, 5) is 29.5. The number of nitrogens with zero attached hydrogens (tertiary/aromatic N) is 2. The molecule has 1 heterocycles. The molecule has 7 heteroatoms. The van der Waals surface area contributed by atoms with Gasteiger partial charge in [0.2, 0.25) is 0 Å². The van der Waals surface area contributed by atoms with Crippen molar-refractivity contribution in [3.05, 3.63) is 65.2 Å². The highest BCUT2D eigenvalue weighted by Gasteiger charge is 2.16. The topological polar surface area (TPSA) is 84.9 Å². The lowest BCUT2D eigenvalue weighted by atomic mass is 10.1. The van der Waals surface area contributed by atoms with Gasteiger partial charge in [-0.15, -0.1) is 0 Å². The number of aromatic hydroxyl groups is 1. The van der Waals surface area contributed by atoms with Crippen molar-refractivity contribution >= 4 is 11.8 Å². The summed E-state index contributed by atoms with van der Waals surface area (Å²) in [5.74, 6) is 0.0304. The lowest BCUT2D eigenvalue weighted by Gasteiger charge is -2.28. The van der Waals surface area contributed by atoms with Gasteiger partial charge >= 0.3 is 0 Å². The third-order valence-electron chi connectivity index (χ3n) is 6.03. The number of amides is 2. The molecule has 33 heavy (non-hydrogen) atoms. The van der Waals surface area contributed by atoms with Crippen molar-refractivity contribution in [1.29, 1.82) is 0 Å². The maximum absolute atomic E-state index is 12.8. The van der Waals surface area contributed by atoms with Crippen LogP contribution in [-0.4, -0.2) is 79.6 Å². The number of piperidine rings is 1. The van der Waals surface area contributed by atoms with Crippen LogP contribution in [0.4, 0.5) is 0 Å². The second kappa shape index (κ2) is 13.0. The molecule has 2 aromatic rings. The molecule has 1 saturated heterocycles. The molecule has 0 aromatic heterocycles. The second-order valence-corrected chi connectivity index (χ2v) is 8.63. The zero-order chi connectivity index (χ0) is 23.5. The molecule has 3 rings (SSSR count). The minimum Gasteiger partial charge on any atom is -0.508 e. The van der Waals surface area contributed by atoms with Gasteiger partial charge in [0.05, 0.1) is 0 Å². The molecule has 0 aliphatic carbocycles. The first kappa shape index (κ1) is 24.7. The van der Waals surface area contributed by atoms with Crippen molar-refractivity contribution in [2.24, 2.45) is 0 Å². The Kier molecular flexibility index (Phi) is 9.72. The molecule has 1 aliphatic rings. The number of phenolic OH excluding ortho intramolecular Hbond substituents is 1. The van der Waals surface area contributed by atoms with Crippen LogP contribution in [0.3, 0.4) is 0 Å². The largest absolute Gasteiger partial charge is 0.508 e. The first-order valence-corrected chi connectivity index (χ1v) is 11.9. The van der Waals surface area contributed by atoms with E-state index in [0.717, 1.165) is 38.2 Å². The van der Waals surface area contributed by atoms with E-state index in [-0.39, 0.29) is 17.6 Å². The molecule has 0 atom stereocenters. The van der Waals surface area contributed by atoms with Gasteiger partial charge in [-0.1, -0.05) is 24.6 Å². The van der Waals surface area contributed by atoms with Gasteiger partial charge in [0.25, 0.3) is 11.8 Å². The summed E-state index contributed by atoms with van der Waals surface area (Å²) in [7, 11) is 1.82. The number of phenols is 1. The van der Waals surface area contributed by atoms with Crippen LogP contribution in [0.5, 0.6) is 5.75 Å². The molecule has 0 saturated carbocycles. The van der Waals surface area contributed by atoms with Crippen LogP contribution < -0.4 is 10.6 Å². The van der Waals surface area contributed by atoms with Crippen molar-refractivity contribution in [3.63, 3.8) is 0 Å². The minimum absolute atomic E-state index is 0.0578. The van der Waals surface area contributed by atoms with Crippen molar-refractivity contribution in [2.45, 2.75) is 25.7 Å². The van der Waals surface area contributed by atoms with Crippen molar-refractivity contribution in [3.8, 4) is 5.75 Å². The van der Waals surface area contributed by atoms with Gasteiger partial charge in [0, 0.05) is 44.4 Å². The molecule has 0 spiro atoms. The van der Waals surface area contributed by atoms with Crippen molar-refractivity contribution < 1.29 is 14.7 Å². The van der Waals surface area contributed by atoms with E-state index in [1.54, 1.807) is 41.3 Å². The van der Waals surface area contributed by atoms with E-state index in [4.69, 9.17) is 0 Å². The number of carbonyl (C=O) groups excluding carboxylic acids is 2. The highest BCUT2D eigenvalue weighted by Crippen LogP contribution is 2.11. The molecule has 3 N–H and O–H groups in total. The Morgan fingerprint density at radius 1 is 0.970 bits per heavy atom. The zero-order valence-corrected chi connectivity index (χ0v) is 19.6. The fourth-order valence-corrected chi connectivity index (χ4v) is 3.98. The lowest BCUT2D eigenvalue weighted by Crippen LogP contribution is -2.38. The molecule has 178 valence electrons. The van der Waals surface area contributed by atoms with E-state index in [2.05, 4.69) is 15.5 Å². The van der Waals surface area contributed by atoms with Crippen LogP contribution in [0.25, 0.3) is 0 Å². The van der Waals surface area contributed by atoms with Gasteiger partial charge in [0.1, 0.15) is 5.75 Å². The van der Waals surface area contributed by atoms with E-state index in [9.17, 15) is 14.7 Å². The van der Waals surface area contributed by atoms with E-state index in [0.29, 0.717) is 30.8 Å². The normalized spacial score (nSPS) is 14.1. The number of rotatable bonds is 11. The minimum atomic E-state index is -0.180. The molecular weight excluding hydrogens is 416 g/mol. The number of nitrogens with one attached hydrogen (secondary N) is 2. The molecule has 0 unspecified atom stereocenters. The van der Waals surface area contributed by atoms with Gasteiger partial charge in [-0.3, -0.25) is 9.59 Å². The number of benzene rings is 2. The summed E-state index contributed by atoms with van der Waals surface area (Å²) in [6.45, 7) is 5.75. The van der Waals surface area contributed by atoms with E-state index >= 15 is 0 Å². The molecular formula is C26H36N4O3. The number of hydrogen-bond acceptors (Lipinski definition) is 5. The highest BCUT2D eigenvalue weighted by molar-refractivity contribution is 5.99. The summed E-state index contributed by atoms with van der Waals surface area (Å²) in [6, 6.07) is 14.1. The fraction of sp³-hybridized carbons (Fsp3) is 0.462. The maximum atomic E-state index is 12.8. The maximum Gasteiger partial charge on any atom is 0.253 e. The number of carbonyl (C=O) groups is 2. The third-order valence-corrected chi connectivity index (χ3v) is 6.03. The molecule has 1 fully saturated rings. The number of likely N-dealkylation sites (tertiary alicyclic amines) is 1. The summed E-state index contributed by atoms with van der Waals surface area (Å²) in [6.07, 6.45) is 4.63.